The van der Waals surface area contributed by atoms with Crippen molar-refractivity contribution in [3.63, 3.8) is 0 Å². The van der Waals surface area contributed by atoms with E-state index in [-0.39, 0.29) is 0 Å². The zero-order valence-corrected chi connectivity index (χ0v) is 11.4. The minimum absolute atomic E-state index is 0.463. The number of rotatable bonds is 5. The summed E-state index contributed by atoms with van der Waals surface area (Å²) in [5, 5.41) is 12.1. The molecule has 0 spiro atoms. The van der Waals surface area contributed by atoms with Crippen molar-refractivity contribution in [1.29, 1.82) is 0 Å². The number of oxime groups is 1. The lowest BCUT2D eigenvalue weighted by Gasteiger charge is -2.08. The van der Waals surface area contributed by atoms with Gasteiger partial charge in [-0.25, -0.2) is 0 Å². The summed E-state index contributed by atoms with van der Waals surface area (Å²) in [6.07, 6.45) is 3.97. The molecule has 2 aromatic carbocycles. The summed E-state index contributed by atoms with van der Waals surface area (Å²) >= 11 is 0. The first-order valence-electron chi connectivity index (χ1n) is 6.43. The number of hydrogen-bond donors (Lipinski definition) is 1. The second-order valence-electron chi connectivity index (χ2n) is 4.31. The Morgan fingerprint density at radius 1 is 1.10 bits per heavy atom. The van der Waals surface area contributed by atoms with Gasteiger partial charge in [-0.3, -0.25) is 0 Å². The Morgan fingerprint density at radius 3 is 2.55 bits per heavy atom. The maximum absolute atomic E-state index is 8.85. The van der Waals surface area contributed by atoms with Gasteiger partial charge in [0.1, 0.15) is 12.4 Å². The van der Waals surface area contributed by atoms with Crippen LogP contribution in [0.5, 0.6) is 5.75 Å². The molecular formula is C17H17NO2. The largest absolute Gasteiger partial charge is 0.489 e. The fraction of sp³-hybridized carbons (Fsp3) is 0.118. The Labute approximate surface area is 118 Å². The van der Waals surface area contributed by atoms with E-state index in [9.17, 15) is 0 Å². The predicted octanol–water partition coefficient (Wildman–Crippen LogP) is 3.98. The van der Waals surface area contributed by atoms with Gasteiger partial charge in [0, 0.05) is 5.56 Å². The minimum atomic E-state index is 0.463. The standard InChI is InChI=1S/C17H17NO2/c1-14(18-19)16-11-5-6-12-17(16)20-13-7-10-15-8-3-2-4-9-15/h2-12,19H,13H2,1H3/b10-7+,18-14+. The van der Waals surface area contributed by atoms with Gasteiger partial charge in [-0.1, -0.05) is 53.7 Å². The Kier molecular flexibility index (Phi) is 4.95. The molecule has 1 N–H and O–H groups in total. The van der Waals surface area contributed by atoms with Crippen LogP contribution in [-0.4, -0.2) is 17.5 Å². The summed E-state index contributed by atoms with van der Waals surface area (Å²) < 4.78 is 5.70. The topological polar surface area (TPSA) is 41.8 Å². The molecule has 0 aliphatic carbocycles. The molecule has 0 aromatic heterocycles. The third-order valence-electron chi connectivity index (χ3n) is 2.87. The quantitative estimate of drug-likeness (QED) is 0.506. The van der Waals surface area contributed by atoms with E-state index in [1.807, 2.05) is 66.7 Å². The summed E-state index contributed by atoms with van der Waals surface area (Å²) in [5.41, 5.74) is 2.47. The van der Waals surface area contributed by atoms with Gasteiger partial charge in [0.25, 0.3) is 0 Å². The molecule has 2 aromatic rings. The van der Waals surface area contributed by atoms with Crippen LogP contribution in [0.25, 0.3) is 6.08 Å². The van der Waals surface area contributed by atoms with Crippen LogP contribution in [0, 0.1) is 0 Å². The highest BCUT2D eigenvalue weighted by atomic mass is 16.5. The van der Waals surface area contributed by atoms with E-state index in [1.54, 1.807) is 6.92 Å². The normalized spacial score (nSPS) is 11.8. The molecule has 3 heteroatoms. The highest BCUT2D eigenvalue weighted by Gasteiger charge is 2.05. The van der Waals surface area contributed by atoms with E-state index in [0.29, 0.717) is 18.1 Å². The molecule has 0 saturated heterocycles. The van der Waals surface area contributed by atoms with Crippen LogP contribution in [-0.2, 0) is 0 Å². The van der Waals surface area contributed by atoms with Crippen LogP contribution in [0.3, 0.4) is 0 Å². The van der Waals surface area contributed by atoms with Crippen LogP contribution < -0.4 is 4.74 Å². The van der Waals surface area contributed by atoms with Crippen molar-refractivity contribution < 1.29 is 9.94 Å². The monoisotopic (exact) mass is 267 g/mol. The SMILES string of the molecule is C/C(=N\O)c1ccccc1OC/C=C/c1ccccc1. The zero-order chi connectivity index (χ0) is 14.2. The lowest BCUT2D eigenvalue weighted by molar-refractivity contribution is 0.318. The summed E-state index contributed by atoms with van der Waals surface area (Å²) in [6.45, 7) is 2.20. The van der Waals surface area contributed by atoms with E-state index in [1.165, 1.54) is 0 Å². The fourth-order valence-electron chi connectivity index (χ4n) is 1.83. The molecule has 20 heavy (non-hydrogen) atoms. The Hall–Kier alpha value is -2.55. The van der Waals surface area contributed by atoms with Gasteiger partial charge in [0.15, 0.2) is 0 Å². The zero-order valence-electron chi connectivity index (χ0n) is 11.4. The molecule has 0 atom stereocenters. The molecule has 0 aliphatic rings. The van der Waals surface area contributed by atoms with Gasteiger partial charge < -0.3 is 9.94 Å². The van der Waals surface area contributed by atoms with Crippen molar-refractivity contribution in [2.75, 3.05) is 6.61 Å². The maximum Gasteiger partial charge on any atom is 0.128 e. The van der Waals surface area contributed by atoms with Gasteiger partial charge >= 0.3 is 0 Å². The molecule has 0 unspecified atom stereocenters. The Bertz CT molecular complexity index is 603. The Balaban J connectivity index is 2.00. The van der Waals surface area contributed by atoms with Crippen LogP contribution >= 0.6 is 0 Å². The molecule has 2 rings (SSSR count). The number of hydrogen-bond acceptors (Lipinski definition) is 3. The Morgan fingerprint density at radius 2 is 1.80 bits per heavy atom. The molecule has 0 aliphatic heterocycles. The fourth-order valence-corrected chi connectivity index (χ4v) is 1.83. The predicted molar refractivity (Wildman–Crippen MR) is 81.4 cm³/mol. The number of nitrogens with zero attached hydrogens (tertiary/aromatic N) is 1. The highest BCUT2D eigenvalue weighted by Crippen LogP contribution is 2.18. The van der Waals surface area contributed by atoms with Crippen molar-refractivity contribution in [3.05, 3.63) is 71.8 Å². The van der Waals surface area contributed by atoms with Crippen molar-refractivity contribution in [2.45, 2.75) is 6.92 Å². The highest BCUT2D eigenvalue weighted by molar-refractivity contribution is 6.00. The summed E-state index contributed by atoms with van der Waals surface area (Å²) in [7, 11) is 0. The lowest BCUT2D eigenvalue weighted by atomic mass is 10.1. The first kappa shape index (κ1) is 13.9. The minimum Gasteiger partial charge on any atom is -0.489 e. The van der Waals surface area contributed by atoms with E-state index in [2.05, 4.69) is 5.16 Å². The summed E-state index contributed by atoms with van der Waals surface area (Å²) in [6, 6.07) is 17.6. The third kappa shape index (κ3) is 3.72. The van der Waals surface area contributed by atoms with Crippen molar-refractivity contribution in [1.82, 2.24) is 0 Å². The van der Waals surface area contributed by atoms with Crippen LogP contribution in [0.1, 0.15) is 18.1 Å². The average Bonchev–Trinajstić information content (AvgIpc) is 2.52. The van der Waals surface area contributed by atoms with E-state index < -0.39 is 0 Å². The van der Waals surface area contributed by atoms with Crippen LogP contribution in [0.15, 0.2) is 65.8 Å². The van der Waals surface area contributed by atoms with E-state index in [0.717, 1.165) is 11.1 Å². The van der Waals surface area contributed by atoms with Gasteiger partial charge in [-0.05, 0) is 30.7 Å². The lowest BCUT2D eigenvalue weighted by Crippen LogP contribution is -2.01. The second-order valence-corrected chi connectivity index (χ2v) is 4.31. The smallest absolute Gasteiger partial charge is 0.128 e. The third-order valence-corrected chi connectivity index (χ3v) is 2.87. The number of para-hydroxylation sites is 1. The molecule has 0 bridgehead atoms. The average molecular weight is 267 g/mol. The maximum atomic E-state index is 8.85. The van der Waals surface area contributed by atoms with Gasteiger partial charge in [0.05, 0.1) is 5.71 Å². The molecular weight excluding hydrogens is 250 g/mol. The first-order chi connectivity index (χ1) is 9.81. The second kappa shape index (κ2) is 7.14. The molecule has 102 valence electrons. The van der Waals surface area contributed by atoms with E-state index in [4.69, 9.17) is 9.94 Å². The molecule has 0 amide bonds. The van der Waals surface area contributed by atoms with Crippen molar-refractivity contribution >= 4 is 11.8 Å². The van der Waals surface area contributed by atoms with Gasteiger partial charge in [0.2, 0.25) is 0 Å². The number of benzene rings is 2. The van der Waals surface area contributed by atoms with Crippen LogP contribution in [0.2, 0.25) is 0 Å². The van der Waals surface area contributed by atoms with Gasteiger partial charge in [-0.2, -0.15) is 0 Å². The van der Waals surface area contributed by atoms with Crippen molar-refractivity contribution in [2.24, 2.45) is 5.16 Å². The first-order valence-corrected chi connectivity index (χ1v) is 6.43. The van der Waals surface area contributed by atoms with E-state index >= 15 is 0 Å². The molecule has 0 fully saturated rings. The molecule has 0 saturated carbocycles. The number of ether oxygens (including phenoxy) is 1. The van der Waals surface area contributed by atoms with Crippen molar-refractivity contribution in [3.8, 4) is 5.75 Å². The molecule has 0 heterocycles. The summed E-state index contributed by atoms with van der Waals surface area (Å²) in [5.74, 6) is 0.709. The molecule has 0 radical (unpaired) electrons. The van der Waals surface area contributed by atoms with Crippen LogP contribution in [0.4, 0.5) is 0 Å². The molecule has 3 nitrogen and oxygen atoms in total. The van der Waals surface area contributed by atoms with Gasteiger partial charge in [-0.15, -0.1) is 0 Å². The summed E-state index contributed by atoms with van der Waals surface area (Å²) in [4.78, 5) is 0.